The van der Waals surface area contributed by atoms with Crippen LogP contribution >= 0.6 is 0 Å². The standard InChI is InChI=1S/C14H30O3SSi/c1-9-11(2)14(17-19(6,7)8)12(3)10-13(4)18(5,15)16/h10-11,13-14H,9H2,1-8H3/b12-10+/t11-,13-,14-/m0/s1. The number of hydrogen-bond acceptors (Lipinski definition) is 3. The number of hydrogen-bond donors (Lipinski definition) is 0. The highest BCUT2D eigenvalue weighted by molar-refractivity contribution is 7.91. The van der Waals surface area contributed by atoms with E-state index < -0.39 is 23.4 Å². The van der Waals surface area contributed by atoms with Gasteiger partial charge in [0, 0.05) is 6.26 Å². The van der Waals surface area contributed by atoms with Crippen LogP contribution in [0.5, 0.6) is 0 Å². The fourth-order valence-corrected chi connectivity index (χ4v) is 3.48. The van der Waals surface area contributed by atoms with Crippen LogP contribution in [0.2, 0.25) is 19.6 Å². The van der Waals surface area contributed by atoms with Crippen LogP contribution in [0.15, 0.2) is 11.6 Å². The summed E-state index contributed by atoms with van der Waals surface area (Å²) in [6, 6.07) is 0. The van der Waals surface area contributed by atoms with Gasteiger partial charge < -0.3 is 4.43 Å². The second-order valence-corrected chi connectivity index (χ2v) is 13.3. The van der Waals surface area contributed by atoms with Crippen LogP contribution in [0.1, 0.15) is 34.1 Å². The van der Waals surface area contributed by atoms with Gasteiger partial charge in [-0.15, -0.1) is 0 Å². The van der Waals surface area contributed by atoms with Gasteiger partial charge in [-0.1, -0.05) is 26.3 Å². The normalized spacial score (nSPS) is 19.1. The van der Waals surface area contributed by atoms with E-state index in [1.165, 1.54) is 6.26 Å². The van der Waals surface area contributed by atoms with Crippen molar-refractivity contribution in [2.75, 3.05) is 6.26 Å². The van der Waals surface area contributed by atoms with Crippen LogP contribution in [0.3, 0.4) is 0 Å². The molecule has 0 aromatic carbocycles. The van der Waals surface area contributed by atoms with Crippen molar-refractivity contribution < 1.29 is 12.8 Å². The summed E-state index contributed by atoms with van der Waals surface area (Å²) in [6.45, 7) is 14.5. The predicted molar refractivity (Wildman–Crippen MR) is 85.7 cm³/mol. The molecular formula is C14H30O3SSi. The number of sulfone groups is 1. The molecule has 0 aliphatic rings. The zero-order chi connectivity index (χ0) is 15.4. The van der Waals surface area contributed by atoms with Crippen molar-refractivity contribution >= 4 is 18.2 Å². The van der Waals surface area contributed by atoms with Crippen molar-refractivity contribution in [1.29, 1.82) is 0 Å². The zero-order valence-electron chi connectivity index (χ0n) is 13.6. The molecule has 0 unspecified atom stereocenters. The predicted octanol–water partition coefficient (Wildman–Crippen LogP) is 3.63. The quantitative estimate of drug-likeness (QED) is 0.533. The minimum absolute atomic E-state index is 0.0286. The first-order valence-corrected chi connectivity index (χ1v) is 12.3. The molecule has 0 saturated heterocycles. The van der Waals surface area contributed by atoms with Gasteiger partial charge in [0.15, 0.2) is 18.2 Å². The molecule has 0 aromatic heterocycles. The van der Waals surface area contributed by atoms with E-state index in [1.807, 2.05) is 13.0 Å². The van der Waals surface area contributed by atoms with Crippen LogP contribution in [-0.2, 0) is 14.3 Å². The van der Waals surface area contributed by atoms with Crippen LogP contribution in [0.4, 0.5) is 0 Å². The molecule has 0 fully saturated rings. The maximum absolute atomic E-state index is 11.5. The van der Waals surface area contributed by atoms with Crippen molar-refractivity contribution in [3.05, 3.63) is 11.6 Å². The molecule has 0 aliphatic carbocycles. The molecule has 0 heterocycles. The van der Waals surface area contributed by atoms with Crippen LogP contribution in [0, 0.1) is 5.92 Å². The van der Waals surface area contributed by atoms with E-state index >= 15 is 0 Å². The summed E-state index contributed by atoms with van der Waals surface area (Å²) in [5.41, 5.74) is 1.04. The minimum atomic E-state index is -3.03. The molecule has 19 heavy (non-hydrogen) atoms. The molecule has 0 rings (SSSR count). The van der Waals surface area contributed by atoms with Gasteiger partial charge in [-0.25, -0.2) is 8.42 Å². The molecule has 0 amide bonds. The summed E-state index contributed by atoms with van der Waals surface area (Å²) >= 11 is 0. The Kier molecular flexibility index (Phi) is 6.99. The second-order valence-electron chi connectivity index (χ2n) is 6.48. The molecule has 114 valence electrons. The van der Waals surface area contributed by atoms with Crippen LogP contribution in [-0.4, -0.2) is 34.3 Å². The summed E-state index contributed by atoms with van der Waals surface area (Å²) in [5, 5.41) is -0.454. The largest absolute Gasteiger partial charge is 0.411 e. The van der Waals surface area contributed by atoms with Gasteiger partial charge >= 0.3 is 0 Å². The van der Waals surface area contributed by atoms with Gasteiger partial charge in [0.25, 0.3) is 0 Å². The Hall–Kier alpha value is -0.133. The van der Waals surface area contributed by atoms with Crippen molar-refractivity contribution in [1.82, 2.24) is 0 Å². The highest BCUT2D eigenvalue weighted by Gasteiger charge is 2.26. The lowest BCUT2D eigenvalue weighted by atomic mass is 9.95. The molecule has 0 N–H and O–H groups in total. The Bertz CT molecular complexity index is 407. The Morgan fingerprint density at radius 1 is 1.26 bits per heavy atom. The first-order chi connectivity index (χ1) is 8.38. The third-order valence-electron chi connectivity index (χ3n) is 3.26. The van der Waals surface area contributed by atoms with E-state index in [9.17, 15) is 8.42 Å². The Morgan fingerprint density at radius 2 is 1.74 bits per heavy atom. The van der Waals surface area contributed by atoms with Crippen molar-refractivity contribution in [2.24, 2.45) is 5.92 Å². The topological polar surface area (TPSA) is 43.4 Å². The maximum atomic E-state index is 11.5. The number of rotatable bonds is 7. The van der Waals surface area contributed by atoms with E-state index in [4.69, 9.17) is 4.43 Å². The highest BCUT2D eigenvalue weighted by atomic mass is 32.2. The second kappa shape index (κ2) is 7.04. The molecule has 0 spiro atoms. The summed E-state index contributed by atoms with van der Waals surface area (Å²) in [4.78, 5) is 0. The van der Waals surface area contributed by atoms with E-state index in [-0.39, 0.29) is 6.10 Å². The minimum Gasteiger partial charge on any atom is -0.411 e. The van der Waals surface area contributed by atoms with Gasteiger partial charge in [0.1, 0.15) is 0 Å². The Labute approximate surface area is 120 Å². The molecule has 0 radical (unpaired) electrons. The molecule has 0 bridgehead atoms. The SMILES string of the molecule is CC[C@H](C)[C@H](O[Si](C)(C)C)/C(C)=C/[C@H](C)S(C)(=O)=O. The van der Waals surface area contributed by atoms with E-state index in [0.717, 1.165) is 12.0 Å². The first-order valence-electron chi connectivity index (χ1n) is 6.93. The molecule has 3 nitrogen and oxygen atoms in total. The molecule has 0 aliphatic heterocycles. The van der Waals surface area contributed by atoms with Crippen molar-refractivity contribution in [3.63, 3.8) is 0 Å². The smallest absolute Gasteiger partial charge is 0.184 e. The fraction of sp³-hybridized carbons (Fsp3) is 0.857. The van der Waals surface area contributed by atoms with Gasteiger partial charge in [0.2, 0.25) is 0 Å². The molecule has 3 atom stereocenters. The summed E-state index contributed by atoms with van der Waals surface area (Å²) in [7, 11) is -4.68. The monoisotopic (exact) mass is 306 g/mol. The van der Waals surface area contributed by atoms with Crippen LogP contribution < -0.4 is 0 Å². The molecule has 5 heteroatoms. The molecule has 0 aromatic rings. The lowest BCUT2D eigenvalue weighted by Gasteiger charge is -2.31. The van der Waals surface area contributed by atoms with Gasteiger partial charge in [-0.2, -0.15) is 0 Å². The lowest BCUT2D eigenvalue weighted by molar-refractivity contribution is 0.166. The Morgan fingerprint density at radius 3 is 2.05 bits per heavy atom. The summed E-state index contributed by atoms with van der Waals surface area (Å²) in [5.74, 6) is 0.398. The summed E-state index contributed by atoms with van der Waals surface area (Å²) < 4.78 is 29.3. The van der Waals surface area contributed by atoms with E-state index in [0.29, 0.717) is 5.92 Å². The van der Waals surface area contributed by atoms with Gasteiger partial charge in [0.05, 0.1) is 11.4 Å². The third kappa shape index (κ3) is 7.27. The average Bonchev–Trinajstić information content (AvgIpc) is 2.22. The molecular weight excluding hydrogens is 276 g/mol. The summed E-state index contributed by atoms with van der Waals surface area (Å²) in [6.07, 6.45) is 4.17. The zero-order valence-corrected chi connectivity index (χ0v) is 15.5. The first kappa shape index (κ1) is 18.9. The fourth-order valence-electron chi connectivity index (χ4n) is 1.84. The van der Waals surface area contributed by atoms with Crippen LogP contribution in [0.25, 0.3) is 0 Å². The maximum Gasteiger partial charge on any atom is 0.184 e. The van der Waals surface area contributed by atoms with Crippen molar-refractivity contribution in [3.8, 4) is 0 Å². The highest BCUT2D eigenvalue weighted by Crippen LogP contribution is 2.24. The lowest BCUT2D eigenvalue weighted by Crippen LogP contribution is -2.36. The molecule has 0 saturated carbocycles. The van der Waals surface area contributed by atoms with E-state index in [1.54, 1.807) is 6.92 Å². The Balaban J connectivity index is 5.22. The van der Waals surface area contributed by atoms with Crippen molar-refractivity contribution in [2.45, 2.75) is 65.1 Å². The third-order valence-corrected chi connectivity index (χ3v) is 5.71. The van der Waals surface area contributed by atoms with E-state index in [2.05, 4.69) is 33.5 Å². The van der Waals surface area contributed by atoms with Gasteiger partial charge in [-0.05, 0) is 45.0 Å². The van der Waals surface area contributed by atoms with Gasteiger partial charge in [-0.3, -0.25) is 0 Å². The average molecular weight is 307 g/mol.